The van der Waals surface area contributed by atoms with Gasteiger partial charge in [0.1, 0.15) is 0 Å². The van der Waals surface area contributed by atoms with Crippen molar-refractivity contribution in [3.63, 3.8) is 0 Å². The number of benzene rings is 2. The van der Waals surface area contributed by atoms with Gasteiger partial charge in [0.25, 0.3) is 0 Å². The molecule has 2 aromatic carbocycles. The van der Waals surface area contributed by atoms with Crippen LogP contribution in [0, 0.1) is 0 Å². The number of nitrogens with zero attached hydrogens (tertiary/aromatic N) is 1. The van der Waals surface area contributed by atoms with Gasteiger partial charge in [0.2, 0.25) is 0 Å². The van der Waals surface area contributed by atoms with Crippen molar-refractivity contribution in [2.24, 2.45) is 0 Å². The van der Waals surface area contributed by atoms with Crippen LogP contribution in [0.1, 0.15) is 18.1 Å². The van der Waals surface area contributed by atoms with Crippen molar-refractivity contribution in [1.82, 2.24) is 10.3 Å². The maximum atomic E-state index is 13.1. The van der Waals surface area contributed by atoms with Gasteiger partial charge < -0.3 is 4.74 Å². The van der Waals surface area contributed by atoms with E-state index in [0.29, 0.717) is 13.0 Å². The Balaban J connectivity index is 1.72. The number of carbonyl (C=O) groups excluding carboxylic acids is 2. The summed E-state index contributed by atoms with van der Waals surface area (Å²) in [6.45, 7) is 2.09. The van der Waals surface area contributed by atoms with Gasteiger partial charge in [-0.15, -0.1) is 0 Å². The van der Waals surface area contributed by atoms with Crippen LogP contribution < -0.4 is 5.32 Å². The lowest BCUT2D eigenvalue weighted by molar-refractivity contribution is -0.142. The molecular weight excluding hydrogens is 376 g/mol. The van der Waals surface area contributed by atoms with Crippen molar-refractivity contribution in [2.75, 3.05) is 13.2 Å². The molecule has 1 heterocycles. The molecule has 0 unspecified atom stereocenters. The molecule has 1 N–H and O–H groups in total. The van der Waals surface area contributed by atoms with Crippen molar-refractivity contribution in [1.29, 1.82) is 0 Å². The van der Waals surface area contributed by atoms with Gasteiger partial charge >= 0.3 is 5.97 Å². The summed E-state index contributed by atoms with van der Waals surface area (Å²) in [6, 6.07) is 21.2. The molecule has 0 amide bonds. The van der Waals surface area contributed by atoms with Crippen molar-refractivity contribution >= 4 is 11.8 Å². The lowest BCUT2D eigenvalue weighted by Gasteiger charge is -2.18. The van der Waals surface area contributed by atoms with E-state index in [0.717, 1.165) is 22.3 Å². The summed E-state index contributed by atoms with van der Waals surface area (Å²) in [5.74, 6) is -0.321. The van der Waals surface area contributed by atoms with E-state index in [1.165, 1.54) is 0 Å². The van der Waals surface area contributed by atoms with Crippen molar-refractivity contribution < 1.29 is 14.3 Å². The maximum Gasteiger partial charge on any atom is 0.319 e. The standard InChI is InChI=1S/C25H26N2O3/c1-2-30-25(29)18-27-23(16-19-7-4-3-5-8-19)24(28)17-20-9-6-10-22(15-20)21-11-13-26-14-12-21/h3-15,23,27H,2,16-18H2,1H3/t23-/m0/s1. The van der Waals surface area contributed by atoms with Gasteiger partial charge in [-0.2, -0.15) is 0 Å². The Morgan fingerprint density at radius 2 is 1.67 bits per heavy atom. The lowest BCUT2D eigenvalue weighted by atomic mass is 9.96. The highest BCUT2D eigenvalue weighted by Gasteiger charge is 2.20. The average Bonchev–Trinajstić information content (AvgIpc) is 2.78. The minimum atomic E-state index is -0.471. The number of hydrogen-bond acceptors (Lipinski definition) is 5. The van der Waals surface area contributed by atoms with E-state index in [4.69, 9.17) is 4.74 Å². The molecule has 5 heteroatoms. The first-order valence-corrected chi connectivity index (χ1v) is 10.1. The fourth-order valence-corrected chi connectivity index (χ4v) is 3.30. The number of ketones is 1. The number of ether oxygens (including phenoxy) is 1. The van der Waals surface area contributed by atoms with Gasteiger partial charge in [-0.3, -0.25) is 19.9 Å². The normalized spacial score (nSPS) is 11.6. The van der Waals surface area contributed by atoms with E-state index < -0.39 is 6.04 Å². The van der Waals surface area contributed by atoms with Crippen LogP contribution in [0.25, 0.3) is 11.1 Å². The predicted molar refractivity (Wildman–Crippen MR) is 117 cm³/mol. The molecule has 5 nitrogen and oxygen atoms in total. The Labute approximate surface area is 177 Å². The number of nitrogens with one attached hydrogen (secondary N) is 1. The molecule has 0 fully saturated rings. The Kier molecular flexibility index (Phi) is 7.86. The van der Waals surface area contributed by atoms with E-state index in [1.807, 2.05) is 66.7 Å². The zero-order valence-corrected chi connectivity index (χ0v) is 17.1. The number of rotatable bonds is 10. The second-order valence-corrected chi connectivity index (χ2v) is 7.01. The molecule has 30 heavy (non-hydrogen) atoms. The molecule has 154 valence electrons. The molecule has 3 aromatic rings. The molecule has 0 saturated heterocycles. The Morgan fingerprint density at radius 1 is 0.933 bits per heavy atom. The van der Waals surface area contributed by atoms with Gasteiger partial charge in [0, 0.05) is 18.8 Å². The number of Topliss-reactive ketones (excluding diaryl/α,β-unsaturated/α-hetero) is 1. The second-order valence-electron chi connectivity index (χ2n) is 7.01. The van der Waals surface area contributed by atoms with E-state index in [1.54, 1.807) is 19.3 Å². The van der Waals surface area contributed by atoms with Crippen LogP contribution in [0.15, 0.2) is 79.1 Å². The third-order valence-corrected chi connectivity index (χ3v) is 4.79. The summed E-state index contributed by atoms with van der Waals surface area (Å²) in [6.07, 6.45) is 4.31. The number of esters is 1. The highest BCUT2D eigenvalue weighted by Crippen LogP contribution is 2.20. The summed E-state index contributed by atoms with van der Waals surface area (Å²) in [5.41, 5.74) is 4.07. The van der Waals surface area contributed by atoms with Gasteiger partial charge in [0.05, 0.1) is 19.2 Å². The maximum absolute atomic E-state index is 13.1. The first-order chi connectivity index (χ1) is 14.7. The summed E-state index contributed by atoms with van der Waals surface area (Å²) in [7, 11) is 0. The molecular formula is C25H26N2O3. The molecule has 3 rings (SSSR count). The molecule has 0 aliphatic heterocycles. The number of carbonyl (C=O) groups is 2. The van der Waals surface area contributed by atoms with E-state index in [2.05, 4.69) is 10.3 Å². The third kappa shape index (κ3) is 6.36. The van der Waals surface area contributed by atoms with Crippen LogP contribution in [0.4, 0.5) is 0 Å². The largest absolute Gasteiger partial charge is 0.465 e. The van der Waals surface area contributed by atoms with E-state index in [9.17, 15) is 9.59 Å². The zero-order chi connectivity index (χ0) is 21.2. The first kappa shape index (κ1) is 21.4. The minimum absolute atomic E-state index is 0.00807. The summed E-state index contributed by atoms with van der Waals surface area (Å²) in [4.78, 5) is 28.9. The predicted octanol–water partition coefficient (Wildman–Crippen LogP) is 3.62. The lowest BCUT2D eigenvalue weighted by Crippen LogP contribution is -2.42. The Hall–Kier alpha value is -3.31. The molecule has 0 radical (unpaired) electrons. The minimum Gasteiger partial charge on any atom is -0.465 e. The number of hydrogen-bond donors (Lipinski definition) is 1. The molecule has 0 bridgehead atoms. The topological polar surface area (TPSA) is 68.3 Å². The SMILES string of the molecule is CCOC(=O)CN[C@@H](Cc1ccccc1)C(=O)Cc1cccc(-c2ccncc2)c1. The molecule has 0 aliphatic rings. The van der Waals surface area contributed by atoms with Gasteiger partial charge in [-0.05, 0) is 47.7 Å². The monoisotopic (exact) mass is 402 g/mol. The first-order valence-electron chi connectivity index (χ1n) is 10.1. The summed E-state index contributed by atoms with van der Waals surface area (Å²) in [5, 5.41) is 3.09. The quantitative estimate of drug-likeness (QED) is 0.525. The molecule has 0 spiro atoms. The Bertz CT molecular complexity index is 958. The third-order valence-electron chi connectivity index (χ3n) is 4.79. The smallest absolute Gasteiger partial charge is 0.319 e. The number of pyridine rings is 1. The molecule has 0 saturated carbocycles. The van der Waals surface area contributed by atoms with Crippen LogP contribution in [-0.4, -0.2) is 35.9 Å². The molecule has 1 aromatic heterocycles. The van der Waals surface area contributed by atoms with Gasteiger partial charge in [-0.1, -0.05) is 54.6 Å². The van der Waals surface area contributed by atoms with Gasteiger partial charge in [0.15, 0.2) is 5.78 Å². The average molecular weight is 402 g/mol. The fourth-order valence-electron chi connectivity index (χ4n) is 3.30. The number of aromatic nitrogens is 1. The highest BCUT2D eigenvalue weighted by molar-refractivity contribution is 5.87. The Morgan fingerprint density at radius 3 is 2.40 bits per heavy atom. The van der Waals surface area contributed by atoms with Crippen LogP contribution in [0.5, 0.6) is 0 Å². The van der Waals surface area contributed by atoms with Crippen LogP contribution >= 0.6 is 0 Å². The fraction of sp³-hybridized carbons (Fsp3) is 0.240. The zero-order valence-electron chi connectivity index (χ0n) is 17.1. The summed E-state index contributed by atoms with van der Waals surface area (Å²) >= 11 is 0. The molecule has 0 aliphatic carbocycles. The highest BCUT2D eigenvalue weighted by atomic mass is 16.5. The van der Waals surface area contributed by atoms with Crippen molar-refractivity contribution in [3.05, 3.63) is 90.3 Å². The van der Waals surface area contributed by atoms with Crippen LogP contribution in [-0.2, 0) is 27.2 Å². The van der Waals surface area contributed by atoms with E-state index >= 15 is 0 Å². The summed E-state index contributed by atoms with van der Waals surface area (Å²) < 4.78 is 4.99. The van der Waals surface area contributed by atoms with Crippen LogP contribution in [0.3, 0.4) is 0 Å². The van der Waals surface area contributed by atoms with Crippen LogP contribution in [0.2, 0.25) is 0 Å². The van der Waals surface area contributed by atoms with Crippen molar-refractivity contribution in [2.45, 2.75) is 25.8 Å². The van der Waals surface area contributed by atoms with Gasteiger partial charge in [-0.25, -0.2) is 0 Å². The van der Waals surface area contributed by atoms with E-state index in [-0.39, 0.29) is 24.7 Å². The molecule has 1 atom stereocenters. The second kappa shape index (κ2) is 11.0. The van der Waals surface area contributed by atoms with Crippen molar-refractivity contribution in [3.8, 4) is 11.1 Å².